The molecular formula is C45H47N5O12. The smallest absolute Gasteiger partial charge is 0.342 e. The summed E-state index contributed by atoms with van der Waals surface area (Å²) in [6.07, 6.45) is 8.21. The quantitative estimate of drug-likeness (QED) is 0.0149. The van der Waals surface area contributed by atoms with Gasteiger partial charge in [-0.15, -0.1) is 6.58 Å². The van der Waals surface area contributed by atoms with Crippen molar-refractivity contribution in [3.63, 3.8) is 0 Å². The molecule has 0 spiro atoms. The number of ether oxygens (including phenoxy) is 5. The maximum Gasteiger partial charge on any atom is 0.342 e. The van der Waals surface area contributed by atoms with E-state index in [1.54, 1.807) is 0 Å². The highest BCUT2D eigenvalue weighted by Gasteiger charge is 2.35. The Balaban J connectivity index is 1.51. The fourth-order valence-corrected chi connectivity index (χ4v) is 5.96. The predicted molar refractivity (Wildman–Crippen MR) is 231 cm³/mol. The molecule has 1 atom stereocenters. The van der Waals surface area contributed by atoms with Crippen LogP contribution in [0.5, 0.6) is 11.5 Å². The summed E-state index contributed by atoms with van der Waals surface area (Å²) < 4.78 is 27.4. The van der Waals surface area contributed by atoms with Gasteiger partial charge in [0.25, 0.3) is 23.4 Å². The summed E-state index contributed by atoms with van der Waals surface area (Å²) in [4.78, 5) is 78.4. The third kappa shape index (κ3) is 12.4. The number of nitrogens with zero attached hydrogens (tertiary/aromatic N) is 2. The van der Waals surface area contributed by atoms with E-state index in [-0.39, 0.29) is 83.0 Å². The number of benzene rings is 3. The zero-order valence-corrected chi connectivity index (χ0v) is 34.3. The molecule has 62 heavy (non-hydrogen) atoms. The van der Waals surface area contributed by atoms with Crippen molar-refractivity contribution in [3.8, 4) is 11.5 Å². The van der Waals surface area contributed by atoms with Gasteiger partial charge in [0, 0.05) is 41.1 Å². The second-order valence-corrected chi connectivity index (χ2v) is 13.1. The van der Waals surface area contributed by atoms with Crippen LogP contribution in [0.2, 0.25) is 0 Å². The van der Waals surface area contributed by atoms with Crippen LogP contribution in [-0.4, -0.2) is 92.7 Å². The van der Waals surface area contributed by atoms with E-state index < -0.39 is 40.6 Å². The fraction of sp³-hybridized carbons (Fsp3) is 0.222. The highest BCUT2D eigenvalue weighted by atomic mass is 16.6. The molecule has 4 rings (SSSR count). The highest BCUT2D eigenvalue weighted by Crippen LogP contribution is 2.39. The molecule has 0 aromatic heterocycles. The summed E-state index contributed by atoms with van der Waals surface area (Å²) in [6.45, 7) is 14.9. The molecule has 1 fully saturated rings. The minimum Gasteiger partial charge on any atom is -0.495 e. The van der Waals surface area contributed by atoms with E-state index in [9.17, 15) is 34.1 Å². The second kappa shape index (κ2) is 23.1. The van der Waals surface area contributed by atoms with E-state index in [1.165, 1.54) is 110 Å². The number of amides is 4. The molecule has 0 unspecified atom stereocenters. The van der Waals surface area contributed by atoms with Crippen molar-refractivity contribution in [2.45, 2.75) is 18.9 Å². The minimum atomic E-state index is -0.773. The molecule has 17 heteroatoms. The number of anilines is 2. The topological polar surface area (TPSA) is 214 Å². The van der Waals surface area contributed by atoms with Gasteiger partial charge in [-0.1, -0.05) is 38.0 Å². The van der Waals surface area contributed by atoms with E-state index >= 15 is 0 Å². The van der Waals surface area contributed by atoms with Crippen LogP contribution < -0.4 is 25.4 Å². The molecule has 4 amide bonds. The Labute approximate surface area is 358 Å². The Hall–Kier alpha value is -7.79. The first-order valence-electron chi connectivity index (χ1n) is 19.0. The average Bonchev–Trinajstić information content (AvgIpc) is 3.78. The van der Waals surface area contributed by atoms with Crippen molar-refractivity contribution in [2.75, 3.05) is 57.8 Å². The fourth-order valence-electron chi connectivity index (χ4n) is 5.96. The van der Waals surface area contributed by atoms with Crippen LogP contribution >= 0.6 is 0 Å². The number of allylic oxidation sites excluding steroid dienone is 2. The zero-order chi connectivity index (χ0) is 45.2. The SMILES string of the molecule is C=CCOC/C(=C\C=C(\NC(=O)c1ccc(NC(=O)[C@@H]2CCCN2C(=O)c2ccc([N+](=O)[O-])cc2)cc1)C(=C)OC)C(=O)Nc1ccc(C(=O)OCC=C)c(OCC=C)c1OC. The number of non-ortho nitro benzene ring substituents is 1. The lowest BCUT2D eigenvalue weighted by atomic mass is 10.1. The first kappa shape index (κ1) is 46.9. The molecule has 0 saturated carbocycles. The number of nitro benzene ring substituents is 1. The van der Waals surface area contributed by atoms with E-state index in [4.69, 9.17) is 23.7 Å². The Morgan fingerprint density at radius 2 is 1.53 bits per heavy atom. The summed E-state index contributed by atoms with van der Waals surface area (Å²) in [5, 5.41) is 19.3. The number of hydrogen-bond donors (Lipinski definition) is 3. The standard InChI is InChI=1S/C45H47N5O12/c1-7-25-60-28-32(42(52)48-37-23-21-35(45(55)62-27-9-3)39(40(37)59-6)61-26-8-2)16-22-36(29(4)58-5)47-41(51)30-12-17-33(18-13-30)46-43(53)38-11-10-24-49(38)44(54)31-14-19-34(20-15-31)50(56)57/h7-9,12-23,38H,1-4,10-11,24-28H2,5-6H3,(H,46,53)(H,47,51)(H,48,52)/b32-16+,36-22+/t38-/m0/s1. The molecule has 0 radical (unpaired) electrons. The molecular weight excluding hydrogens is 803 g/mol. The first-order chi connectivity index (χ1) is 29.9. The van der Waals surface area contributed by atoms with Gasteiger partial charge in [-0.25, -0.2) is 4.79 Å². The molecule has 1 aliphatic rings. The molecule has 1 heterocycles. The van der Waals surface area contributed by atoms with Gasteiger partial charge in [-0.05, 0) is 73.5 Å². The van der Waals surface area contributed by atoms with E-state index in [1.807, 2.05) is 0 Å². The molecule has 3 N–H and O–H groups in total. The predicted octanol–water partition coefficient (Wildman–Crippen LogP) is 6.30. The normalized spacial score (nSPS) is 13.5. The Morgan fingerprint density at radius 1 is 0.855 bits per heavy atom. The number of nitrogens with one attached hydrogen (secondary N) is 3. The van der Waals surface area contributed by atoms with E-state index in [0.29, 0.717) is 25.1 Å². The molecule has 0 bridgehead atoms. The number of carbonyl (C=O) groups excluding carboxylic acids is 5. The zero-order valence-electron chi connectivity index (χ0n) is 34.3. The lowest BCUT2D eigenvalue weighted by Crippen LogP contribution is -2.43. The molecule has 324 valence electrons. The van der Waals surface area contributed by atoms with E-state index in [2.05, 4.69) is 42.3 Å². The summed E-state index contributed by atoms with van der Waals surface area (Å²) in [6, 6.07) is 13.3. The number of rotatable bonds is 22. The van der Waals surface area contributed by atoms with Gasteiger partial charge in [0.1, 0.15) is 30.6 Å². The van der Waals surface area contributed by atoms with Crippen molar-refractivity contribution in [1.82, 2.24) is 10.2 Å². The van der Waals surface area contributed by atoms with Crippen LogP contribution in [0.1, 0.15) is 43.9 Å². The van der Waals surface area contributed by atoms with Gasteiger partial charge < -0.3 is 44.5 Å². The van der Waals surface area contributed by atoms with Crippen molar-refractivity contribution >= 4 is 46.7 Å². The minimum absolute atomic E-state index is 0.0110. The van der Waals surface area contributed by atoms with Gasteiger partial charge in [0.15, 0.2) is 11.5 Å². The number of nitro groups is 1. The third-order valence-electron chi connectivity index (χ3n) is 9.05. The lowest BCUT2D eigenvalue weighted by molar-refractivity contribution is -0.384. The summed E-state index contributed by atoms with van der Waals surface area (Å²) in [5.74, 6) is -2.66. The number of likely N-dealkylation sites (tertiary alicyclic amines) is 1. The van der Waals surface area contributed by atoms with Crippen LogP contribution in [-0.2, 0) is 23.8 Å². The lowest BCUT2D eigenvalue weighted by Gasteiger charge is -2.24. The first-order valence-corrected chi connectivity index (χ1v) is 19.0. The molecule has 0 aliphatic carbocycles. The molecule has 3 aromatic rings. The number of carbonyl (C=O) groups is 5. The van der Waals surface area contributed by atoms with Gasteiger partial charge in [-0.3, -0.25) is 29.3 Å². The molecule has 1 saturated heterocycles. The van der Waals surface area contributed by atoms with Crippen molar-refractivity contribution in [1.29, 1.82) is 0 Å². The number of methoxy groups -OCH3 is 2. The summed E-state index contributed by atoms with van der Waals surface area (Å²) in [5.41, 5.74) is 1.02. The van der Waals surface area contributed by atoms with Gasteiger partial charge in [-0.2, -0.15) is 0 Å². The Kier molecular flexibility index (Phi) is 17.5. The van der Waals surface area contributed by atoms with Crippen LogP contribution in [0.15, 0.2) is 134 Å². The average molecular weight is 850 g/mol. The molecule has 17 nitrogen and oxygen atoms in total. The monoisotopic (exact) mass is 849 g/mol. The van der Waals surface area contributed by atoms with Gasteiger partial charge in [0.05, 0.1) is 43.7 Å². The van der Waals surface area contributed by atoms with Crippen LogP contribution in [0.3, 0.4) is 0 Å². The largest absolute Gasteiger partial charge is 0.495 e. The van der Waals surface area contributed by atoms with Gasteiger partial charge >= 0.3 is 5.97 Å². The molecule has 3 aromatic carbocycles. The Bertz CT molecular complexity index is 2260. The van der Waals surface area contributed by atoms with E-state index in [0.717, 1.165) is 0 Å². The van der Waals surface area contributed by atoms with Crippen LogP contribution in [0.25, 0.3) is 0 Å². The van der Waals surface area contributed by atoms with Crippen molar-refractivity contribution < 1.29 is 52.6 Å². The number of esters is 1. The molecule has 1 aliphatic heterocycles. The maximum atomic E-state index is 13.8. The summed E-state index contributed by atoms with van der Waals surface area (Å²) in [7, 11) is 2.69. The van der Waals surface area contributed by atoms with Crippen molar-refractivity contribution in [3.05, 3.63) is 161 Å². The van der Waals surface area contributed by atoms with Crippen LogP contribution in [0, 0.1) is 10.1 Å². The van der Waals surface area contributed by atoms with Crippen molar-refractivity contribution in [2.24, 2.45) is 0 Å². The number of hydrogen-bond acceptors (Lipinski definition) is 12. The van der Waals surface area contributed by atoms with Gasteiger partial charge in [0.2, 0.25) is 5.91 Å². The second-order valence-electron chi connectivity index (χ2n) is 13.1. The summed E-state index contributed by atoms with van der Waals surface area (Å²) >= 11 is 0. The maximum absolute atomic E-state index is 13.8. The Morgan fingerprint density at radius 3 is 2.16 bits per heavy atom. The van der Waals surface area contributed by atoms with Crippen LogP contribution in [0.4, 0.5) is 17.1 Å². The highest BCUT2D eigenvalue weighted by molar-refractivity contribution is 6.06. The third-order valence-corrected chi connectivity index (χ3v) is 9.05.